The summed E-state index contributed by atoms with van der Waals surface area (Å²) in [5.41, 5.74) is 3.57. The van der Waals surface area contributed by atoms with Crippen LogP contribution >= 0.6 is 0 Å². The average molecular weight is 485 g/mol. The van der Waals surface area contributed by atoms with Crippen LogP contribution in [0, 0.1) is 5.82 Å². The molecule has 0 unspecified atom stereocenters. The fourth-order valence-electron chi connectivity index (χ4n) is 4.06. The van der Waals surface area contributed by atoms with Crippen molar-refractivity contribution in [3.8, 4) is 56.4 Å². The van der Waals surface area contributed by atoms with Gasteiger partial charge in [0.15, 0.2) is 17.5 Å². The highest BCUT2D eigenvalue weighted by atomic mass is 19.1. The van der Waals surface area contributed by atoms with Crippen molar-refractivity contribution < 1.29 is 11.2 Å². The number of benzene rings is 5. The minimum Gasteiger partial charge on any atom is -0.208 e. The van der Waals surface area contributed by atoms with Crippen LogP contribution in [-0.4, -0.2) is 15.0 Å². The molecule has 0 N–H and O–H groups in total. The van der Waals surface area contributed by atoms with Crippen LogP contribution in [0.5, 0.6) is 0 Å². The molecule has 0 spiro atoms. The van der Waals surface area contributed by atoms with E-state index in [0.29, 0.717) is 17.2 Å². The summed E-state index contributed by atoms with van der Waals surface area (Å²) in [4.78, 5) is 14.2. The van der Waals surface area contributed by atoms with Gasteiger partial charge in [0, 0.05) is 22.3 Å². The van der Waals surface area contributed by atoms with Crippen molar-refractivity contribution in [1.29, 1.82) is 0 Å². The Bertz CT molecular complexity index is 1920. The van der Waals surface area contributed by atoms with Gasteiger partial charge in [-0.1, -0.05) is 109 Å². The molecule has 0 aliphatic rings. The third kappa shape index (κ3) is 4.78. The maximum atomic E-state index is 15.2. The molecule has 6 aromatic rings. The molecule has 0 saturated heterocycles. The molecular formula is C33H22FN3. The second kappa shape index (κ2) is 9.96. The summed E-state index contributed by atoms with van der Waals surface area (Å²) < 4.78 is 55.9. The molecule has 0 amide bonds. The van der Waals surface area contributed by atoms with E-state index < -0.39 is 36.0 Å². The number of hydrogen-bond acceptors (Lipinski definition) is 3. The monoisotopic (exact) mass is 484 g/mol. The first-order valence-electron chi connectivity index (χ1n) is 14.2. The van der Waals surface area contributed by atoms with E-state index in [-0.39, 0.29) is 17.0 Å². The molecular weight excluding hydrogens is 457 g/mol. The number of aromatic nitrogens is 3. The highest BCUT2D eigenvalue weighted by Crippen LogP contribution is 2.31. The Morgan fingerprint density at radius 3 is 1.68 bits per heavy atom. The predicted molar refractivity (Wildman–Crippen MR) is 147 cm³/mol. The van der Waals surface area contributed by atoms with Gasteiger partial charge in [0.2, 0.25) is 0 Å². The van der Waals surface area contributed by atoms with Crippen LogP contribution in [0.15, 0.2) is 133 Å². The molecule has 0 bridgehead atoms. The van der Waals surface area contributed by atoms with Crippen molar-refractivity contribution in [3.05, 3.63) is 139 Å². The second-order valence-electron chi connectivity index (χ2n) is 8.31. The Morgan fingerprint density at radius 1 is 0.459 bits per heavy atom. The van der Waals surface area contributed by atoms with Crippen molar-refractivity contribution in [3.63, 3.8) is 0 Å². The van der Waals surface area contributed by atoms with Gasteiger partial charge in [0.25, 0.3) is 0 Å². The van der Waals surface area contributed by atoms with E-state index in [0.717, 1.165) is 22.3 Å². The lowest BCUT2D eigenvalue weighted by Crippen LogP contribution is -2.00. The highest BCUT2D eigenvalue weighted by molar-refractivity contribution is 5.74. The van der Waals surface area contributed by atoms with Gasteiger partial charge in [0.1, 0.15) is 5.82 Å². The van der Waals surface area contributed by atoms with Gasteiger partial charge in [-0.25, -0.2) is 19.3 Å². The summed E-state index contributed by atoms with van der Waals surface area (Å²) in [5, 5.41) is 0. The first-order valence-corrected chi connectivity index (χ1v) is 11.7. The largest absolute Gasteiger partial charge is 0.208 e. The molecule has 0 radical (unpaired) electrons. The fourth-order valence-corrected chi connectivity index (χ4v) is 4.06. The smallest absolute Gasteiger partial charge is 0.164 e. The topological polar surface area (TPSA) is 38.7 Å². The zero-order chi connectivity index (χ0) is 29.4. The van der Waals surface area contributed by atoms with E-state index in [1.54, 1.807) is 0 Å². The van der Waals surface area contributed by atoms with Crippen LogP contribution < -0.4 is 0 Å². The van der Waals surface area contributed by atoms with Gasteiger partial charge in [-0.2, -0.15) is 0 Å². The molecule has 5 aromatic carbocycles. The summed E-state index contributed by atoms with van der Waals surface area (Å²) in [6.07, 6.45) is 0. The van der Waals surface area contributed by atoms with Gasteiger partial charge in [-0.3, -0.25) is 0 Å². The predicted octanol–water partition coefficient (Wildman–Crippen LogP) is 8.35. The van der Waals surface area contributed by atoms with Gasteiger partial charge < -0.3 is 0 Å². The van der Waals surface area contributed by atoms with Crippen LogP contribution in [0.3, 0.4) is 0 Å². The van der Waals surface area contributed by atoms with E-state index in [2.05, 4.69) is 0 Å². The summed E-state index contributed by atoms with van der Waals surface area (Å²) in [6.45, 7) is 0. The molecule has 0 aliphatic heterocycles. The van der Waals surface area contributed by atoms with E-state index in [1.165, 1.54) is 18.2 Å². The standard InChI is InChI=1S/C33H22FN3/c34-30-20-19-28(22-29(30)24-13-6-2-7-14-24)33-36-31(25-15-8-3-9-16-25)35-32(37-33)27-18-10-17-26(21-27)23-11-4-1-5-12-23/h1-22H/i2D,6D,7D,13D,14D. The number of rotatable bonds is 5. The molecule has 1 heterocycles. The molecule has 1 aromatic heterocycles. The van der Waals surface area contributed by atoms with Gasteiger partial charge in [-0.05, 0) is 41.0 Å². The number of halogens is 1. The minimum atomic E-state index is -0.731. The van der Waals surface area contributed by atoms with Gasteiger partial charge >= 0.3 is 0 Å². The number of nitrogens with zero attached hydrogens (tertiary/aromatic N) is 3. The summed E-state index contributed by atoms with van der Waals surface area (Å²) >= 11 is 0. The van der Waals surface area contributed by atoms with E-state index in [1.807, 2.05) is 84.9 Å². The molecule has 0 atom stereocenters. The van der Waals surface area contributed by atoms with Gasteiger partial charge in [0.05, 0.1) is 6.85 Å². The van der Waals surface area contributed by atoms with Crippen molar-refractivity contribution >= 4 is 0 Å². The lowest BCUT2D eigenvalue weighted by atomic mass is 10.0. The average Bonchev–Trinajstić information content (AvgIpc) is 3.04. The van der Waals surface area contributed by atoms with Crippen molar-refractivity contribution in [1.82, 2.24) is 15.0 Å². The third-order valence-corrected chi connectivity index (χ3v) is 5.89. The quantitative estimate of drug-likeness (QED) is 0.247. The molecule has 37 heavy (non-hydrogen) atoms. The molecule has 4 heteroatoms. The maximum Gasteiger partial charge on any atom is 0.164 e. The fraction of sp³-hybridized carbons (Fsp3) is 0. The molecule has 6 rings (SSSR count). The lowest BCUT2D eigenvalue weighted by Gasteiger charge is -2.11. The molecule has 0 saturated carbocycles. The minimum absolute atomic E-state index is 0.140. The third-order valence-electron chi connectivity index (χ3n) is 5.89. The van der Waals surface area contributed by atoms with E-state index in [9.17, 15) is 0 Å². The maximum absolute atomic E-state index is 15.2. The Kier molecular flexibility index (Phi) is 4.70. The first kappa shape index (κ1) is 17.5. The van der Waals surface area contributed by atoms with Crippen molar-refractivity contribution in [2.75, 3.05) is 0 Å². The zero-order valence-corrected chi connectivity index (χ0v) is 19.5. The molecule has 0 fully saturated rings. The van der Waals surface area contributed by atoms with E-state index >= 15 is 4.39 Å². The Hall–Kier alpha value is -4.96. The number of hydrogen-bond donors (Lipinski definition) is 0. The zero-order valence-electron chi connectivity index (χ0n) is 24.5. The Morgan fingerprint density at radius 2 is 1.00 bits per heavy atom. The van der Waals surface area contributed by atoms with Crippen molar-refractivity contribution in [2.45, 2.75) is 0 Å². The molecule has 176 valence electrons. The van der Waals surface area contributed by atoms with Crippen LogP contribution in [-0.2, 0) is 0 Å². The van der Waals surface area contributed by atoms with Crippen LogP contribution in [0.4, 0.5) is 4.39 Å². The van der Waals surface area contributed by atoms with Crippen molar-refractivity contribution in [2.24, 2.45) is 0 Å². The lowest BCUT2D eigenvalue weighted by molar-refractivity contribution is 0.631. The highest BCUT2D eigenvalue weighted by Gasteiger charge is 2.15. The summed E-state index contributed by atoms with van der Waals surface area (Å²) in [6, 6.07) is 28.7. The molecule has 3 nitrogen and oxygen atoms in total. The van der Waals surface area contributed by atoms with Gasteiger partial charge in [-0.15, -0.1) is 0 Å². The Labute approximate surface area is 222 Å². The van der Waals surface area contributed by atoms with E-state index in [4.69, 9.17) is 21.8 Å². The second-order valence-corrected chi connectivity index (χ2v) is 8.31. The Balaban J connectivity index is 1.54. The van der Waals surface area contributed by atoms with Crippen LogP contribution in [0.1, 0.15) is 6.85 Å². The SMILES string of the molecule is [2H]c1c([2H])c([2H])c(-c2cc(-c3nc(-c4ccccc4)nc(-c4cccc(-c5ccccc5)c4)n3)ccc2F)c([2H])c1[2H]. The van der Waals surface area contributed by atoms with Crippen LogP contribution in [0.2, 0.25) is 0 Å². The molecule has 0 aliphatic carbocycles. The van der Waals surface area contributed by atoms with Crippen LogP contribution in [0.25, 0.3) is 56.4 Å². The summed E-state index contributed by atoms with van der Waals surface area (Å²) in [5.74, 6) is 0.336. The summed E-state index contributed by atoms with van der Waals surface area (Å²) in [7, 11) is 0. The first-order chi connectivity index (χ1) is 20.3. The normalized spacial score (nSPS) is 12.7.